The molecule has 0 saturated heterocycles. The summed E-state index contributed by atoms with van der Waals surface area (Å²) in [7, 11) is 0. The SMILES string of the molecule is Oc1ccccc1CNc1ccc(-n2ccnc2)nc1. The first kappa shape index (κ1) is 12.2. The number of aromatic hydroxyl groups is 1. The number of hydrogen-bond acceptors (Lipinski definition) is 4. The molecule has 0 bridgehead atoms. The van der Waals surface area contributed by atoms with E-state index >= 15 is 0 Å². The number of anilines is 1. The van der Waals surface area contributed by atoms with E-state index in [2.05, 4.69) is 15.3 Å². The van der Waals surface area contributed by atoms with Crippen molar-refractivity contribution in [3.63, 3.8) is 0 Å². The van der Waals surface area contributed by atoms with Crippen LogP contribution < -0.4 is 5.32 Å². The van der Waals surface area contributed by atoms with Crippen molar-refractivity contribution in [3.05, 3.63) is 66.9 Å². The highest BCUT2D eigenvalue weighted by atomic mass is 16.3. The number of nitrogens with one attached hydrogen (secondary N) is 1. The molecule has 20 heavy (non-hydrogen) atoms. The Kier molecular flexibility index (Phi) is 3.33. The molecule has 2 heterocycles. The Bertz CT molecular complexity index is 677. The molecule has 5 heteroatoms. The van der Waals surface area contributed by atoms with Gasteiger partial charge in [-0.1, -0.05) is 18.2 Å². The van der Waals surface area contributed by atoms with Crippen molar-refractivity contribution < 1.29 is 5.11 Å². The molecule has 0 radical (unpaired) electrons. The maximum Gasteiger partial charge on any atom is 0.137 e. The molecular weight excluding hydrogens is 252 g/mol. The lowest BCUT2D eigenvalue weighted by Crippen LogP contribution is -2.01. The number of imidazole rings is 1. The summed E-state index contributed by atoms with van der Waals surface area (Å²) in [6.45, 7) is 0.554. The van der Waals surface area contributed by atoms with Gasteiger partial charge in [0.05, 0.1) is 11.9 Å². The quantitative estimate of drug-likeness (QED) is 0.762. The molecule has 5 nitrogen and oxygen atoms in total. The van der Waals surface area contributed by atoms with Crippen molar-refractivity contribution in [2.45, 2.75) is 6.54 Å². The summed E-state index contributed by atoms with van der Waals surface area (Å²) in [5.41, 5.74) is 1.75. The monoisotopic (exact) mass is 266 g/mol. The van der Waals surface area contributed by atoms with E-state index in [-0.39, 0.29) is 0 Å². The molecule has 0 saturated carbocycles. The Morgan fingerprint density at radius 3 is 2.75 bits per heavy atom. The summed E-state index contributed by atoms with van der Waals surface area (Å²) in [4.78, 5) is 8.34. The van der Waals surface area contributed by atoms with Crippen LogP contribution in [0.25, 0.3) is 5.82 Å². The van der Waals surface area contributed by atoms with Gasteiger partial charge < -0.3 is 10.4 Å². The summed E-state index contributed by atoms with van der Waals surface area (Å²) in [5.74, 6) is 1.11. The lowest BCUT2D eigenvalue weighted by molar-refractivity contribution is 0.469. The molecule has 1 aromatic carbocycles. The highest BCUT2D eigenvalue weighted by molar-refractivity contribution is 5.45. The topological polar surface area (TPSA) is 63.0 Å². The minimum Gasteiger partial charge on any atom is -0.508 e. The minimum absolute atomic E-state index is 0.294. The molecule has 100 valence electrons. The average Bonchev–Trinajstić information content (AvgIpc) is 3.01. The maximum atomic E-state index is 9.69. The van der Waals surface area contributed by atoms with Crippen molar-refractivity contribution in [3.8, 4) is 11.6 Å². The smallest absolute Gasteiger partial charge is 0.137 e. The first-order valence-electron chi connectivity index (χ1n) is 6.28. The van der Waals surface area contributed by atoms with Gasteiger partial charge in [-0.3, -0.25) is 4.57 Å². The van der Waals surface area contributed by atoms with E-state index in [1.165, 1.54) is 0 Å². The minimum atomic E-state index is 0.294. The number of pyridine rings is 1. The van der Waals surface area contributed by atoms with Crippen LogP contribution in [0.1, 0.15) is 5.56 Å². The van der Waals surface area contributed by atoms with Crippen molar-refractivity contribution in [2.75, 3.05) is 5.32 Å². The van der Waals surface area contributed by atoms with Gasteiger partial charge in [-0.25, -0.2) is 9.97 Å². The van der Waals surface area contributed by atoms with Crippen LogP contribution >= 0.6 is 0 Å². The van der Waals surface area contributed by atoms with E-state index in [0.29, 0.717) is 12.3 Å². The number of benzene rings is 1. The molecule has 0 amide bonds. The van der Waals surface area contributed by atoms with Gasteiger partial charge in [0.1, 0.15) is 17.9 Å². The first-order valence-corrected chi connectivity index (χ1v) is 6.28. The van der Waals surface area contributed by atoms with E-state index in [1.54, 1.807) is 30.9 Å². The molecule has 0 aliphatic rings. The zero-order valence-electron chi connectivity index (χ0n) is 10.8. The van der Waals surface area contributed by atoms with E-state index in [1.807, 2.05) is 35.0 Å². The van der Waals surface area contributed by atoms with Crippen LogP contribution in [0.4, 0.5) is 5.69 Å². The molecule has 0 atom stereocenters. The maximum absolute atomic E-state index is 9.69. The lowest BCUT2D eigenvalue weighted by atomic mass is 10.2. The molecule has 0 aliphatic carbocycles. The summed E-state index contributed by atoms with van der Waals surface area (Å²) in [6.07, 6.45) is 7.02. The van der Waals surface area contributed by atoms with E-state index < -0.39 is 0 Å². The Hall–Kier alpha value is -2.82. The van der Waals surface area contributed by atoms with E-state index in [0.717, 1.165) is 17.1 Å². The van der Waals surface area contributed by atoms with E-state index in [9.17, 15) is 5.11 Å². The second-order valence-corrected chi connectivity index (χ2v) is 4.36. The van der Waals surface area contributed by atoms with Crippen LogP contribution in [0, 0.1) is 0 Å². The molecule has 0 spiro atoms. The van der Waals surface area contributed by atoms with Gasteiger partial charge in [-0.15, -0.1) is 0 Å². The number of hydrogen-bond donors (Lipinski definition) is 2. The molecule has 0 unspecified atom stereocenters. The Balaban J connectivity index is 1.68. The number of rotatable bonds is 4. The predicted octanol–water partition coefficient (Wildman–Crippen LogP) is 2.58. The number of phenolic OH excluding ortho intramolecular Hbond substituents is 1. The van der Waals surface area contributed by atoms with Crippen LogP contribution in [0.15, 0.2) is 61.3 Å². The molecule has 3 aromatic rings. The highest BCUT2D eigenvalue weighted by Gasteiger charge is 2.01. The fraction of sp³-hybridized carbons (Fsp3) is 0.0667. The molecule has 0 aliphatic heterocycles. The first-order chi connectivity index (χ1) is 9.83. The second-order valence-electron chi connectivity index (χ2n) is 4.36. The number of para-hydroxylation sites is 1. The number of aromatic nitrogens is 3. The van der Waals surface area contributed by atoms with Gasteiger partial charge in [0, 0.05) is 24.5 Å². The third-order valence-electron chi connectivity index (χ3n) is 2.99. The lowest BCUT2D eigenvalue weighted by Gasteiger charge is -2.08. The largest absolute Gasteiger partial charge is 0.508 e. The summed E-state index contributed by atoms with van der Waals surface area (Å²) in [6, 6.07) is 11.1. The van der Waals surface area contributed by atoms with Crippen LogP contribution in [0.2, 0.25) is 0 Å². The number of nitrogens with zero attached hydrogens (tertiary/aromatic N) is 3. The van der Waals surface area contributed by atoms with Gasteiger partial charge in [0.25, 0.3) is 0 Å². The van der Waals surface area contributed by atoms with Crippen LogP contribution in [0.3, 0.4) is 0 Å². The van der Waals surface area contributed by atoms with Crippen molar-refractivity contribution in [2.24, 2.45) is 0 Å². The number of phenols is 1. The van der Waals surface area contributed by atoms with Crippen LogP contribution in [0.5, 0.6) is 5.75 Å². The van der Waals surface area contributed by atoms with E-state index in [4.69, 9.17) is 0 Å². The normalized spacial score (nSPS) is 10.4. The fourth-order valence-corrected chi connectivity index (χ4v) is 1.90. The Morgan fingerprint density at radius 1 is 1.15 bits per heavy atom. The van der Waals surface area contributed by atoms with Crippen molar-refractivity contribution in [1.82, 2.24) is 14.5 Å². The second kappa shape index (κ2) is 5.44. The van der Waals surface area contributed by atoms with Gasteiger partial charge in [-0.2, -0.15) is 0 Å². The third-order valence-corrected chi connectivity index (χ3v) is 2.99. The van der Waals surface area contributed by atoms with Gasteiger partial charge in [-0.05, 0) is 18.2 Å². The summed E-state index contributed by atoms with van der Waals surface area (Å²) >= 11 is 0. The van der Waals surface area contributed by atoms with Crippen LogP contribution in [-0.4, -0.2) is 19.6 Å². The standard InChI is InChI=1S/C15H14N4O/c20-14-4-2-1-3-12(14)9-17-13-5-6-15(18-10-13)19-8-7-16-11-19/h1-8,10-11,17,20H,9H2. The highest BCUT2D eigenvalue weighted by Crippen LogP contribution is 2.17. The third kappa shape index (κ3) is 2.61. The zero-order valence-corrected chi connectivity index (χ0v) is 10.8. The predicted molar refractivity (Wildman–Crippen MR) is 76.8 cm³/mol. The zero-order chi connectivity index (χ0) is 13.8. The van der Waals surface area contributed by atoms with Gasteiger partial charge >= 0.3 is 0 Å². The van der Waals surface area contributed by atoms with Gasteiger partial charge in [0.15, 0.2) is 0 Å². The Morgan fingerprint density at radius 2 is 2.05 bits per heavy atom. The van der Waals surface area contributed by atoms with Crippen molar-refractivity contribution >= 4 is 5.69 Å². The molecule has 2 N–H and O–H groups in total. The molecule has 2 aromatic heterocycles. The summed E-state index contributed by atoms with van der Waals surface area (Å²) < 4.78 is 1.84. The average molecular weight is 266 g/mol. The van der Waals surface area contributed by atoms with Gasteiger partial charge in [0.2, 0.25) is 0 Å². The fourth-order valence-electron chi connectivity index (χ4n) is 1.90. The molecule has 0 fully saturated rings. The summed E-state index contributed by atoms with van der Waals surface area (Å²) in [5, 5.41) is 12.9. The Labute approximate surface area is 116 Å². The van der Waals surface area contributed by atoms with Crippen molar-refractivity contribution in [1.29, 1.82) is 0 Å². The molecular formula is C15H14N4O. The van der Waals surface area contributed by atoms with Crippen LogP contribution in [-0.2, 0) is 6.54 Å². The molecule has 3 rings (SSSR count).